The highest BCUT2D eigenvalue weighted by Crippen LogP contribution is 2.29. The van der Waals surface area contributed by atoms with E-state index in [2.05, 4.69) is 13.8 Å². The van der Waals surface area contributed by atoms with E-state index in [4.69, 9.17) is 9.72 Å². The number of ether oxygens (including phenoxy) is 1. The molecule has 1 fully saturated rings. The van der Waals surface area contributed by atoms with Gasteiger partial charge in [-0.3, -0.25) is 9.36 Å². The van der Waals surface area contributed by atoms with Crippen LogP contribution in [0.2, 0.25) is 0 Å². The zero-order valence-corrected chi connectivity index (χ0v) is 15.7. The molecule has 0 bridgehead atoms. The lowest BCUT2D eigenvalue weighted by molar-refractivity contribution is 0.129. The van der Waals surface area contributed by atoms with Crippen LogP contribution in [0.3, 0.4) is 0 Å². The van der Waals surface area contributed by atoms with Crippen LogP contribution in [0.4, 0.5) is 0 Å². The van der Waals surface area contributed by atoms with E-state index < -0.39 is 0 Å². The van der Waals surface area contributed by atoms with Crippen LogP contribution in [0.15, 0.2) is 9.95 Å². The Morgan fingerprint density at radius 2 is 2.26 bits per heavy atom. The van der Waals surface area contributed by atoms with Crippen LogP contribution in [-0.2, 0) is 11.3 Å². The van der Waals surface area contributed by atoms with Gasteiger partial charge < -0.3 is 4.74 Å². The van der Waals surface area contributed by atoms with Gasteiger partial charge in [0, 0.05) is 23.8 Å². The standard InChI is InChI=1S/C17H24N2O2S2/c1-4-5-8-19-16(20)14-11(2)12(3)23-15(14)18-17(19)22-10-13-7-6-9-21-13/h13H,4-10H2,1-3H3. The molecular weight excluding hydrogens is 328 g/mol. The van der Waals surface area contributed by atoms with Crippen LogP contribution in [0.5, 0.6) is 0 Å². The largest absolute Gasteiger partial charge is 0.377 e. The zero-order valence-electron chi connectivity index (χ0n) is 14.1. The molecule has 2 aromatic heterocycles. The van der Waals surface area contributed by atoms with E-state index in [1.807, 2.05) is 11.5 Å². The van der Waals surface area contributed by atoms with Crippen LogP contribution in [0.1, 0.15) is 43.0 Å². The average Bonchev–Trinajstić information content (AvgIpc) is 3.13. The van der Waals surface area contributed by atoms with Crippen molar-refractivity contribution in [1.82, 2.24) is 9.55 Å². The van der Waals surface area contributed by atoms with Crippen LogP contribution >= 0.6 is 23.1 Å². The summed E-state index contributed by atoms with van der Waals surface area (Å²) in [5.74, 6) is 0.882. The third-order valence-electron chi connectivity index (χ3n) is 4.41. The van der Waals surface area contributed by atoms with Crippen molar-refractivity contribution in [3.8, 4) is 0 Å². The first-order valence-electron chi connectivity index (χ1n) is 8.36. The molecule has 3 rings (SSSR count). The molecule has 0 radical (unpaired) electrons. The first kappa shape index (κ1) is 17.0. The summed E-state index contributed by atoms with van der Waals surface area (Å²) in [6.07, 6.45) is 4.64. The minimum atomic E-state index is 0.125. The molecule has 1 atom stereocenters. The van der Waals surface area contributed by atoms with Gasteiger partial charge in [0.05, 0.1) is 11.5 Å². The molecule has 0 amide bonds. The van der Waals surface area contributed by atoms with Crippen molar-refractivity contribution >= 4 is 33.3 Å². The average molecular weight is 353 g/mol. The van der Waals surface area contributed by atoms with Crippen molar-refractivity contribution in [1.29, 1.82) is 0 Å². The molecule has 1 saturated heterocycles. The van der Waals surface area contributed by atoms with Crippen molar-refractivity contribution in [2.75, 3.05) is 12.4 Å². The van der Waals surface area contributed by atoms with Gasteiger partial charge in [0.2, 0.25) is 0 Å². The normalized spacial score (nSPS) is 18.1. The maximum absolute atomic E-state index is 13.0. The summed E-state index contributed by atoms with van der Waals surface area (Å²) in [6.45, 7) is 7.86. The van der Waals surface area contributed by atoms with Gasteiger partial charge in [-0.25, -0.2) is 4.98 Å². The second-order valence-corrected chi connectivity index (χ2v) is 8.30. The number of fused-ring (bicyclic) bond motifs is 1. The molecule has 0 saturated carbocycles. The number of nitrogens with zero attached hydrogens (tertiary/aromatic N) is 2. The second kappa shape index (κ2) is 7.36. The monoisotopic (exact) mass is 352 g/mol. The Morgan fingerprint density at radius 3 is 2.96 bits per heavy atom. The zero-order chi connectivity index (χ0) is 16.4. The van der Waals surface area contributed by atoms with E-state index >= 15 is 0 Å². The number of unbranched alkanes of at least 4 members (excludes halogenated alkanes) is 1. The van der Waals surface area contributed by atoms with E-state index in [1.54, 1.807) is 23.1 Å². The van der Waals surface area contributed by atoms with E-state index in [-0.39, 0.29) is 5.56 Å². The van der Waals surface area contributed by atoms with Crippen molar-refractivity contribution in [3.05, 3.63) is 20.8 Å². The first-order valence-corrected chi connectivity index (χ1v) is 10.2. The van der Waals surface area contributed by atoms with E-state index in [1.165, 1.54) is 4.88 Å². The molecule has 126 valence electrons. The summed E-state index contributed by atoms with van der Waals surface area (Å²) in [6, 6.07) is 0. The summed E-state index contributed by atoms with van der Waals surface area (Å²) in [4.78, 5) is 19.9. The van der Waals surface area contributed by atoms with Gasteiger partial charge in [-0.1, -0.05) is 25.1 Å². The number of rotatable bonds is 6. The molecule has 2 aromatic rings. The molecule has 3 heterocycles. The number of hydrogen-bond donors (Lipinski definition) is 0. The number of thioether (sulfide) groups is 1. The third-order valence-corrected chi connectivity index (χ3v) is 6.62. The predicted octanol–water partition coefficient (Wildman–Crippen LogP) is 4.15. The fraction of sp³-hybridized carbons (Fsp3) is 0.647. The van der Waals surface area contributed by atoms with Crippen molar-refractivity contribution < 1.29 is 4.74 Å². The highest BCUT2D eigenvalue weighted by Gasteiger charge is 2.20. The Hall–Kier alpha value is -0.850. The molecule has 0 spiro atoms. The fourth-order valence-electron chi connectivity index (χ4n) is 2.88. The van der Waals surface area contributed by atoms with Crippen LogP contribution in [-0.4, -0.2) is 28.0 Å². The molecule has 0 N–H and O–H groups in total. The Morgan fingerprint density at radius 1 is 1.43 bits per heavy atom. The molecule has 6 heteroatoms. The Balaban J connectivity index is 1.97. The second-order valence-electron chi connectivity index (χ2n) is 6.11. The van der Waals surface area contributed by atoms with Crippen molar-refractivity contribution in [2.45, 2.75) is 64.3 Å². The molecule has 23 heavy (non-hydrogen) atoms. The SMILES string of the molecule is CCCCn1c(SCC2CCCO2)nc2sc(C)c(C)c2c1=O. The molecule has 0 aromatic carbocycles. The van der Waals surface area contributed by atoms with Crippen LogP contribution < -0.4 is 5.56 Å². The number of hydrogen-bond acceptors (Lipinski definition) is 5. The van der Waals surface area contributed by atoms with Crippen molar-refractivity contribution in [2.24, 2.45) is 0 Å². The lowest BCUT2D eigenvalue weighted by atomic mass is 10.2. The summed E-state index contributed by atoms with van der Waals surface area (Å²) >= 11 is 3.30. The van der Waals surface area contributed by atoms with Gasteiger partial charge in [0.25, 0.3) is 5.56 Å². The predicted molar refractivity (Wildman–Crippen MR) is 98.0 cm³/mol. The summed E-state index contributed by atoms with van der Waals surface area (Å²) in [7, 11) is 0. The van der Waals surface area contributed by atoms with Gasteiger partial charge in [-0.15, -0.1) is 11.3 Å². The highest BCUT2D eigenvalue weighted by atomic mass is 32.2. The molecule has 0 aliphatic carbocycles. The smallest absolute Gasteiger partial charge is 0.263 e. The first-order chi connectivity index (χ1) is 11.1. The van der Waals surface area contributed by atoms with Gasteiger partial charge in [-0.05, 0) is 38.7 Å². The van der Waals surface area contributed by atoms with Gasteiger partial charge in [0.1, 0.15) is 4.83 Å². The summed E-state index contributed by atoms with van der Waals surface area (Å²) < 4.78 is 7.58. The Labute approximate surface area is 145 Å². The van der Waals surface area contributed by atoms with Crippen molar-refractivity contribution in [3.63, 3.8) is 0 Å². The lowest BCUT2D eigenvalue weighted by Gasteiger charge is -2.13. The maximum atomic E-state index is 13.0. The summed E-state index contributed by atoms with van der Waals surface area (Å²) in [5.41, 5.74) is 1.21. The molecule has 4 nitrogen and oxygen atoms in total. The van der Waals surface area contributed by atoms with Gasteiger partial charge in [0.15, 0.2) is 5.16 Å². The highest BCUT2D eigenvalue weighted by molar-refractivity contribution is 7.99. The lowest BCUT2D eigenvalue weighted by Crippen LogP contribution is -2.24. The Bertz CT molecular complexity index is 745. The number of aromatic nitrogens is 2. The molecule has 1 aliphatic heterocycles. The topological polar surface area (TPSA) is 44.1 Å². The van der Waals surface area contributed by atoms with E-state index in [9.17, 15) is 4.79 Å². The van der Waals surface area contributed by atoms with Gasteiger partial charge in [-0.2, -0.15) is 0 Å². The summed E-state index contributed by atoms with van der Waals surface area (Å²) in [5, 5.41) is 1.66. The molecule has 1 aliphatic rings. The fourth-order valence-corrected chi connectivity index (χ4v) is 5.04. The number of thiophene rings is 1. The Kier molecular flexibility index (Phi) is 5.44. The molecular formula is C17H24N2O2S2. The van der Waals surface area contributed by atoms with Gasteiger partial charge >= 0.3 is 0 Å². The quantitative estimate of drug-likeness (QED) is 0.579. The molecule has 1 unspecified atom stereocenters. The van der Waals surface area contributed by atoms with E-state index in [0.717, 1.165) is 65.5 Å². The minimum absolute atomic E-state index is 0.125. The van der Waals surface area contributed by atoms with Crippen LogP contribution in [0.25, 0.3) is 10.2 Å². The third kappa shape index (κ3) is 3.49. The van der Waals surface area contributed by atoms with E-state index in [0.29, 0.717) is 6.10 Å². The maximum Gasteiger partial charge on any atom is 0.263 e. The number of aryl methyl sites for hydroxylation is 2. The minimum Gasteiger partial charge on any atom is -0.377 e. The van der Waals surface area contributed by atoms with Crippen LogP contribution in [0, 0.1) is 13.8 Å².